The highest BCUT2D eigenvalue weighted by Gasteiger charge is 2.45. The molecule has 1 atom stereocenters. The Labute approximate surface area is 215 Å². The van der Waals surface area contributed by atoms with Crippen LogP contribution in [0.2, 0.25) is 10.0 Å². The second-order valence-electron chi connectivity index (χ2n) is 7.40. The molecule has 1 aliphatic heterocycles. The Bertz CT molecular complexity index is 1280. The molecule has 3 aromatic rings. The van der Waals surface area contributed by atoms with Gasteiger partial charge < -0.3 is 10.1 Å². The van der Waals surface area contributed by atoms with Crippen molar-refractivity contribution in [1.82, 2.24) is 9.99 Å². The van der Waals surface area contributed by atoms with Crippen molar-refractivity contribution in [3.05, 3.63) is 76.7 Å². The van der Waals surface area contributed by atoms with Crippen LogP contribution in [0.5, 0.6) is 5.75 Å². The van der Waals surface area contributed by atoms with Crippen molar-refractivity contribution in [2.45, 2.75) is 12.5 Å². The molecule has 35 heavy (non-hydrogen) atoms. The van der Waals surface area contributed by atoms with Gasteiger partial charge in [0, 0.05) is 11.9 Å². The standard InChI is InChI=1S/C23H18Cl2FN5O3S/c1-34-17-8-4-15(5-9-17)28-20(32)11-19-22(33)30(16-6-2-14(26)3-7-16)23(35)31(19)29-21-18(25)10-13(24)12-27-21/h2-10,12,19H,11H2,1H3,(H,27,29)(H,28,32)/t19-/m1/s1. The Morgan fingerprint density at radius 2 is 1.86 bits per heavy atom. The minimum atomic E-state index is -1.04. The van der Waals surface area contributed by atoms with Crippen molar-refractivity contribution in [2.75, 3.05) is 22.8 Å². The van der Waals surface area contributed by atoms with Gasteiger partial charge in [0.25, 0.3) is 5.91 Å². The lowest BCUT2D eigenvalue weighted by molar-refractivity contribution is -0.124. The van der Waals surface area contributed by atoms with Crippen LogP contribution in [0.4, 0.5) is 21.6 Å². The number of anilines is 3. The predicted octanol–water partition coefficient (Wildman–Crippen LogP) is 4.89. The van der Waals surface area contributed by atoms with Gasteiger partial charge >= 0.3 is 0 Å². The number of rotatable bonds is 7. The van der Waals surface area contributed by atoms with Crippen molar-refractivity contribution >= 4 is 69.5 Å². The number of amides is 2. The molecule has 0 bridgehead atoms. The third kappa shape index (κ3) is 5.45. The highest BCUT2D eigenvalue weighted by molar-refractivity contribution is 7.80. The van der Waals surface area contributed by atoms with E-state index in [0.717, 1.165) is 0 Å². The summed E-state index contributed by atoms with van der Waals surface area (Å²) in [5.41, 5.74) is 3.80. The monoisotopic (exact) mass is 533 g/mol. The first-order valence-corrected chi connectivity index (χ1v) is 11.4. The van der Waals surface area contributed by atoms with Crippen LogP contribution in [-0.2, 0) is 9.59 Å². The van der Waals surface area contributed by atoms with Crippen molar-refractivity contribution in [3.8, 4) is 5.75 Å². The normalized spacial score (nSPS) is 15.4. The molecule has 0 spiro atoms. The van der Waals surface area contributed by atoms with Gasteiger partial charge in [0.05, 0.1) is 29.3 Å². The molecule has 0 unspecified atom stereocenters. The van der Waals surface area contributed by atoms with Crippen LogP contribution >= 0.6 is 35.4 Å². The molecule has 4 rings (SSSR count). The molecule has 1 saturated heterocycles. The van der Waals surface area contributed by atoms with Gasteiger partial charge in [0.15, 0.2) is 5.82 Å². The van der Waals surface area contributed by atoms with Gasteiger partial charge in [-0.2, -0.15) is 0 Å². The molecule has 12 heteroatoms. The third-order valence-electron chi connectivity index (χ3n) is 5.09. The van der Waals surface area contributed by atoms with E-state index in [1.807, 2.05) is 0 Å². The van der Waals surface area contributed by atoms with Gasteiger partial charge in [-0.15, -0.1) is 0 Å². The predicted molar refractivity (Wildman–Crippen MR) is 136 cm³/mol. The van der Waals surface area contributed by atoms with Crippen molar-refractivity contribution in [3.63, 3.8) is 0 Å². The quantitative estimate of drug-likeness (QED) is 0.418. The van der Waals surface area contributed by atoms with E-state index in [2.05, 4.69) is 15.7 Å². The summed E-state index contributed by atoms with van der Waals surface area (Å²) in [7, 11) is 1.54. The number of carbonyl (C=O) groups excluding carboxylic acids is 2. The van der Waals surface area contributed by atoms with Gasteiger partial charge in [-0.1, -0.05) is 23.2 Å². The number of aromatic nitrogens is 1. The Balaban J connectivity index is 1.60. The average molecular weight is 534 g/mol. The highest BCUT2D eigenvalue weighted by atomic mass is 35.5. The van der Waals surface area contributed by atoms with Crippen LogP contribution in [0.1, 0.15) is 6.42 Å². The van der Waals surface area contributed by atoms with Gasteiger partial charge in [0.1, 0.15) is 17.6 Å². The lowest BCUT2D eigenvalue weighted by Crippen LogP contribution is -2.42. The first-order valence-electron chi connectivity index (χ1n) is 10.2. The summed E-state index contributed by atoms with van der Waals surface area (Å²) in [6.07, 6.45) is 1.13. The van der Waals surface area contributed by atoms with Crippen LogP contribution in [0, 0.1) is 5.82 Å². The summed E-state index contributed by atoms with van der Waals surface area (Å²) in [5, 5.41) is 4.63. The fourth-order valence-corrected chi connectivity index (χ4v) is 4.19. The summed E-state index contributed by atoms with van der Waals surface area (Å²) in [4.78, 5) is 31.6. The molecule has 0 aliphatic carbocycles. The number of hydrogen-bond acceptors (Lipinski definition) is 6. The van der Waals surface area contributed by atoms with Gasteiger partial charge in [-0.05, 0) is 66.8 Å². The SMILES string of the molecule is COc1ccc(NC(=O)C[C@@H]2C(=O)N(c3ccc(F)cc3)C(=S)N2Nc2ncc(Cl)cc2Cl)cc1. The molecule has 1 aromatic heterocycles. The number of thiocarbonyl (C=S) groups is 1. The van der Waals surface area contributed by atoms with Crippen LogP contribution < -0.4 is 20.4 Å². The molecule has 2 aromatic carbocycles. The number of carbonyl (C=O) groups is 2. The van der Waals surface area contributed by atoms with Crippen LogP contribution in [-0.4, -0.2) is 40.1 Å². The topological polar surface area (TPSA) is 86.8 Å². The summed E-state index contributed by atoms with van der Waals surface area (Å²) in [6, 6.07) is 12.5. The zero-order valence-electron chi connectivity index (χ0n) is 18.2. The van der Waals surface area contributed by atoms with Gasteiger partial charge in [0.2, 0.25) is 11.0 Å². The van der Waals surface area contributed by atoms with E-state index in [4.69, 9.17) is 40.2 Å². The average Bonchev–Trinajstić information content (AvgIpc) is 3.05. The first kappa shape index (κ1) is 24.6. The maximum Gasteiger partial charge on any atom is 0.258 e. The molecule has 180 valence electrons. The molecule has 1 fully saturated rings. The third-order valence-corrected chi connectivity index (χ3v) is 5.96. The number of pyridine rings is 1. The Morgan fingerprint density at radius 3 is 2.49 bits per heavy atom. The number of benzene rings is 2. The van der Waals surface area contributed by atoms with Gasteiger partial charge in [-0.25, -0.2) is 14.4 Å². The minimum absolute atomic E-state index is 0.0386. The number of ether oxygens (including phenoxy) is 1. The van der Waals surface area contributed by atoms with E-state index in [-0.39, 0.29) is 22.4 Å². The molecule has 2 heterocycles. The fourth-order valence-electron chi connectivity index (χ4n) is 3.40. The maximum atomic E-state index is 13.5. The number of nitrogens with one attached hydrogen (secondary N) is 2. The Hall–Kier alpha value is -3.47. The number of methoxy groups -OCH3 is 1. The molecule has 8 nitrogen and oxygen atoms in total. The molecular formula is C23H18Cl2FN5O3S. The molecule has 2 amide bonds. The Morgan fingerprint density at radius 1 is 1.17 bits per heavy atom. The highest BCUT2D eigenvalue weighted by Crippen LogP contribution is 2.30. The van der Waals surface area contributed by atoms with Crippen molar-refractivity contribution in [1.29, 1.82) is 0 Å². The van der Waals surface area contributed by atoms with E-state index in [1.54, 1.807) is 31.4 Å². The Kier molecular flexibility index (Phi) is 7.34. The molecule has 1 aliphatic rings. The number of halogens is 3. The van der Waals surface area contributed by atoms with E-state index < -0.39 is 23.7 Å². The molecule has 0 radical (unpaired) electrons. The maximum absolute atomic E-state index is 13.5. The number of nitrogens with zero attached hydrogens (tertiary/aromatic N) is 3. The summed E-state index contributed by atoms with van der Waals surface area (Å²) in [6.45, 7) is 0. The van der Waals surface area contributed by atoms with E-state index >= 15 is 0 Å². The van der Waals surface area contributed by atoms with Crippen LogP contribution in [0.25, 0.3) is 0 Å². The summed E-state index contributed by atoms with van der Waals surface area (Å²) < 4.78 is 18.6. The summed E-state index contributed by atoms with van der Waals surface area (Å²) >= 11 is 17.7. The number of hydrazine groups is 1. The van der Waals surface area contributed by atoms with Crippen molar-refractivity contribution < 1.29 is 18.7 Å². The van der Waals surface area contributed by atoms with E-state index in [1.165, 1.54) is 46.4 Å². The zero-order chi connectivity index (χ0) is 25.1. The summed E-state index contributed by atoms with van der Waals surface area (Å²) in [5.74, 6) is -0.554. The molecule has 0 saturated carbocycles. The fraction of sp³-hybridized carbons (Fsp3) is 0.130. The second kappa shape index (κ2) is 10.4. The number of hydrogen-bond donors (Lipinski definition) is 2. The van der Waals surface area contributed by atoms with Crippen LogP contribution in [0.15, 0.2) is 60.8 Å². The van der Waals surface area contributed by atoms with Gasteiger partial charge in [-0.3, -0.25) is 19.9 Å². The van der Waals surface area contributed by atoms with E-state index in [0.29, 0.717) is 22.1 Å². The molecular weight excluding hydrogens is 516 g/mol. The zero-order valence-corrected chi connectivity index (χ0v) is 20.5. The lowest BCUT2D eigenvalue weighted by atomic mass is 10.1. The van der Waals surface area contributed by atoms with E-state index in [9.17, 15) is 14.0 Å². The second-order valence-corrected chi connectivity index (χ2v) is 8.60. The largest absolute Gasteiger partial charge is 0.497 e. The minimum Gasteiger partial charge on any atom is -0.497 e. The van der Waals surface area contributed by atoms with Crippen LogP contribution in [0.3, 0.4) is 0 Å². The smallest absolute Gasteiger partial charge is 0.258 e. The lowest BCUT2D eigenvalue weighted by Gasteiger charge is -2.25. The first-order chi connectivity index (χ1) is 16.8. The molecule has 2 N–H and O–H groups in total. The van der Waals surface area contributed by atoms with Crippen molar-refractivity contribution in [2.24, 2.45) is 0 Å².